The number of hydrogen-bond acceptors (Lipinski definition) is 1. The molecule has 0 spiro atoms. The zero-order valence-corrected chi connectivity index (χ0v) is 8.98. The first kappa shape index (κ1) is 10.0. The molecular weight excluding hydrogens is 184 g/mol. The van der Waals surface area contributed by atoms with Crippen molar-refractivity contribution in [3.05, 3.63) is 59.9 Å². The zero-order valence-electron chi connectivity index (χ0n) is 8.98. The predicted molar refractivity (Wildman–Crippen MR) is 62.7 cm³/mol. The number of rotatable bonds is 2. The van der Waals surface area contributed by atoms with Crippen LogP contribution in [0.4, 0.5) is 0 Å². The monoisotopic (exact) mass is 200 g/mol. The van der Waals surface area contributed by atoms with E-state index in [1.807, 2.05) is 12.1 Å². The van der Waals surface area contributed by atoms with Gasteiger partial charge in [-0.2, -0.15) is 0 Å². The van der Waals surface area contributed by atoms with E-state index in [0.717, 1.165) is 12.8 Å². The molecule has 1 unspecified atom stereocenters. The summed E-state index contributed by atoms with van der Waals surface area (Å²) in [7, 11) is 0. The van der Waals surface area contributed by atoms with Gasteiger partial charge in [-0.05, 0) is 36.0 Å². The van der Waals surface area contributed by atoms with Crippen molar-refractivity contribution in [1.82, 2.24) is 0 Å². The van der Waals surface area contributed by atoms with E-state index in [-0.39, 0.29) is 5.41 Å². The highest BCUT2D eigenvalue weighted by molar-refractivity contribution is 5.25. The van der Waals surface area contributed by atoms with Crippen LogP contribution in [0.15, 0.2) is 54.3 Å². The third-order valence-corrected chi connectivity index (χ3v) is 2.88. The van der Waals surface area contributed by atoms with Crippen molar-refractivity contribution in [2.24, 2.45) is 5.41 Å². The van der Waals surface area contributed by atoms with Crippen LogP contribution in [0.25, 0.3) is 0 Å². The predicted octanol–water partition coefficient (Wildman–Crippen LogP) is 3.64. The summed E-state index contributed by atoms with van der Waals surface area (Å²) in [6.07, 6.45) is 7.73. The molecule has 0 aromatic heterocycles. The quantitative estimate of drug-likeness (QED) is 0.772. The molecule has 0 aliphatic heterocycles. The summed E-state index contributed by atoms with van der Waals surface area (Å²) in [4.78, 5) is 0. The van der Waals surface area contributed by atoms with Crippen LogP contribution >= 0.6 is 0 Å². The Bertz CT molecular complexity index is 389. The molecule has 1 atom stereocenters. The summed E-state index contributed by atoms with van der Waals surface area (Å²) in [5.41, 5.74) is 1.49. The molecule has 15 heavy (non-hydrogen) atoms. The van der Waals surface area contributed by atoms with Crippen molar-refractivity contribution in [3.8, 4) is 0 Å². The first-order chi connectivity index (χ1) is 7.18. The maximum absolute atomic E-state index is 9.28. The smallest absolute Gasteiger partial charge is 0.111 e. The average Bonchev–Trinajstić information content (AvgIpc) is 2.24. The second-order valence-corrected chi connectivity index (χ2v) is 4.48. The van der Waals surface area contributed by atoms with Crippen molar-refractivity contribution in [2.75, 3.05) is 0 Å². The van der Waals surface area contributed by atoms with Crippen molar-refractivity contribution in [1.29, 1.82) is 0 Å². The second kappa shape index (κ2) is 3.93. The Balaban J connectivity index is 2.10. The third kappa shape index (κ3) is 2.50. The molecule has 2 rings (SSSR count). The highest BCUT2D eigenvalue weighted by Crippen LogP contribution is 2.32. The van der Waals surface area contributed by atoms with Gasteiger partial charge in [-0.1, -0.05) is 43.3 Å². The van der Waals surface area contributed by atoms with Gasteiger partial charge >= 0.3 is 0 Å². The van der Waals surface area contributed by atoms with Crippen LogP contribution in [-0.4, -0.2) is 5.11 Å². The molecule has 1 heteroatoms. The summed E-state index contributed by atoms with van der Waals surface area (Å²) in [5, 5.41) is 9.28. The molecule has 0 saturated heterocycles. The lowest BCUT2D eigenvalue weighted by molar-refractivity contribution is 0.381. The Kier molecular flexibility index (Phi) is 2.63. The minimum Gasteiger partial charge on any atom is -0.508 e. The molecule has 0 radical (unpaired) electrons. The summed E-state index contributed by atoms with van der Waals surface area (Å²) >= 11 is 0. The summed E-state index contributed by atoms with van der Waals surface area (Å²) in [6.45, 7) is 2.22. The SMILES string of the molecule is CC1(Cc2ccccc2)C=CC(O)=CC1. The Labute approximate surface area is 90.8 Å². The van der Waals surface area contributed by atoms with Crippen LogP contribution in [-0.2, 0) is 6.42 Å². The van der Waals surface area contributed by atoms with Crippen molar-refractivity contribution >= 4 is 0 Å². The van der Waals surface area contributed by atoms with Gasteiger partial charge in [-0.15, -0.1) is 0 Å². The Morgan fingerprint density at radius 3 is 2.60 bits per heavy atom. The lowest BCUT2D eigenvalue weighted by Crippen LogP contribution is -2.18. The van der Waals surface area contributed by atoms with E-state index in [4.69, 9.17) is 0 Å². The van der Waals surface area contributed by atoms with E-state index >= 15 is 0 Å². The fourth-order valence-electron chi connectivity index (χ4n) is 1.95. The number of benzene rings is 1. The normalized spacial score (nSPS) is 25.0. The van der Waals surface area contributed by atoms with E-state index in [2.05, 4.69) is 37.3 Å². The number of allylic oxidation sites excluding steroid dienone is 3. The van der Waals surface area contributed by atoms with E-state index in [1.54, 1.807) is 6.08 Å². The molecule has 1 aliphatic rings. The Morgan fingerprint density at radius 2 is 2.00 bits per heavy atom. The molecule has 0 heterocycles. The number of aliphatic hydroxyl groups excluding tert-OH is 1. The van der Waals surface area contributed by atoms with Crippen molar-refractivity contribution in [2.45, 2.75) is 19.8 Å². The zero-order chi connectivity index (χ0) is 10.7. The van der Waals surface area contributed by atoms with Gasteiger partial charge in [-0.3, -0.25) is 0 Å². The van der Waals surface area contributed by atoms with Crippen molar-refractivity contribution in [3.63, 3.8) is 0 Å². The molecular formula is C14H16O. The largest absolute Gasteiger partial charge is 0.508 e. The number of aliphatic hydroxyl groups is 1. The maximum Gasteiger partial charge on any atom is 0.111 e. The van der Waals surface area contributed by atoms with Crippen LogP contribution in [0, 0.1) is 5.41 Å². The van der Waals surface area contributed by atoms with E-state index in [1.165, 1.54) is 5.56 Å². The molecule has 78 valence electrons. The second-order valence-electron chi connectivity index (χ2n) is 4.48. The average molecular weight is 200 g/mol. The summed E-state index contributed by atoms with van der Waals surface area (Å²) < 4.78 is 0. The molecule has 0 fully saturated rings. The lowest BCUT2D eigenvalue weighted by atomic mass is 9.78. The van der Waals surface area contributed by atoms with Crippen LogP contribution < -0.4 is 0 Å². The van der Waals surface area contributed by atoms with E-state index < -0.39 is 0 Å². The Hall–Kier alpha value is -1.50. The number of hydrogen-bond donors (Lipinski definition) is 1. The molecule has 1 aromatic rings. The van der Waals surface area contributed by atoms with Gasteiger partial charge in [0.15, 0.2) is 0 Å². The molecule has 1 aromatic carbocycles. The van der Waals surface area contributed by atoms with Gasteiger partial charge in [0.2, 0.25) is 0 Å². The highest BCUT2D eigenvalue weighted by atomic mass is 16.3. The van der Waals surface area contributed by atoms with Crippen LogP contribution in [0.1, 0.15) is 18.9 Å². The summed E-state index contributed by atoms with van der Waals surface area (Å²) in [5.74, 6) is 0.389. The molecule has 0 amide bonds. The van der Waals surface area contributed by atoms with Crippen LogP contribution in [0.2, 0.25) is 0 Å². The van der Waals surface area contributed by atoms with E-state index in [9.17, 15) is 5.11 Å². The molecule has 1 aliphatic carbocycles. The first-order valence-corrected chi connectivity index (χ1v) is 5.30. The third-order valence-electron chi connectivity index (χ3n) is 2.88. The Morgan fingerprint density at radius 1 is 1.27 bits per heavy atom. The minimum atomic E-state index is 0.146. The first-order valence-electron chi connectivity index (χ1n) is 5.30. The van der Waals surface area contributed by atoms with Crippen molar-refractivity contribution < 1.29 is 5.11 Å². The van der Waals surface area contributed by atoms with Gasteiger partial charge in [0.1, 0.15) is 5.76 Å². The van der Waals surface area contributed by atoms with Gasteiger partial charge < -0.3 is 5.11 Å². The molecule has 0 bridgehead atoms. The molecule has 0 saturated carbocycles. The lowest BCUT2D eigenvalue weighted by Gasteiger charge is -2.27. The molecule has 1 N–H and O–H groups in total. The van der Waals surface area contributed by atoms with E-state index in [0.29, 0.717) is 5.76 Å². The summed E-state index contributed by atoms with van der Waals surface area (Å²) in [6, 6.07) is 10.5. The fourth-order valence-corrected chi connectivity index (χ4v) is 1.95. The topological polar surface area (TPSA) is 20.2 Å². The van der Waals surface area contributed by atoms with Crippen LogP contribution in [0.5, 0.6) is 0 Å². The van der Waals surface area contributed by atoms with Gasteiger partial charge in [0, 0.05) is 0 Å². The van der Waals surface area contributed by atoms with Gasteiger partial charge in [0.25, 0.3) is 0 Å². The molecule has 1 nitrogen and oxygen atoms in total. The highest BCUT2D eigenvalue weighted by Gasteiger charge is 2.22. The minimum absolute atomic E-state index is 0.146. The van der Waals surface area contributed by atoms with Gasteiger partial charge in [0.05, 0.1) is 0 Å². The fraction of sp³-hybridized carbons (Fsp3) is 0.286. The standard InChI is InChI=1S/C14H16O/c1-14(9-7-13(15)8-10-14)11-12-5-3-2-4-6-12/h2-9,15H,10-11H2,1H3. The van der Waals surface area contributed by atoms with Gasteiger partial charge in [-0.25, -0.2) is 0 Å². The van der Waals surface area contributed by atoms with Crippen LogP contribution in [0.3, 0.4) is 0 Å². The maximum atomic E-state index is 9.28.